The number of hydrogen-bond donors (Lipinski definition) is 1. The number of rotatable bonds is 10. The topological polar surface area (TPSA) is 49.9 Å². The highest BCUT2D eigenvalue weighted by molar-refractivity contribution is 9.10. The van der Waals surface area contributed by atoms with Crippen molar-refractivity contribution in [1.29, 1.82) is 0 Å². The van der Waals surface area contributed by atoms with Crippen molar-refractivity contribution in [2.24, 2.45) is 0 Å². The number of hydrogen-bond acceptors (Lipinski definition) is 9. The Kier molecular flexibility index (Phi) is 18.3. The number of ether oxygens (including phenoxy) is 2. The molecule has 0 saturated carbocycles. The van der Waals surface area contributed by atoms with Gasteiger partial charge in [0.25, 0.3) is 26.9 Å². The first-order valence-electron chi connectivity index (χ1n) is 41.9. The van der Waals surface area contributed by atoms with Gasteiger partial charge in [0.1, 0.15) is 23.0 Å². The summed E-state index contributed by atoms with van der Waals surface area (Å²) in [5.41, 5.74) is 38.1. The molecule has 8 heterocycles. The number of nitrogens with zero attached hydrogens (tertiary/aromatic N) is 6. The molecule has 8 aliphatic rings. The van der Waals surface area contributed by atoms with E-state index in [1.165, 1.54) is 105 Å². The van der Waals surface area contributed by atoms with E-state index in [1.807, 2.05) is 60.7 Å². The molecule has 26 rings (SSSR count). The number of para-hydroxylation sites is 12. The van der Waals surface area contributed by atoms with E-state index in [-0.39, 0.29) is 34.3 Å². The third-order valence-electron chi connectivity index (χ3n) is 25.3. The first kappa shape index (κ1) is 74.4. The van der Waals surface area contributed by atoms with Crippen LogP contribution in [0.1, 0.15) is 7.43 Å². The first-order chi connectivity index (χ1) is 60.9. The van der Waals surface area contributed by atoms with Crippen molar-refractivity contribution in [3.8, 4) is 23.0 Å². The highest BCUT2D eigenvalue weighted by Gasteiger charge is 2.54. The van der Waals surface area contributed by atoms with Gasteiger partial charge < -0.3 is 44.2 Å². The van der Waals surface area contributed by atoms with Crippen LogP contribution in [0.25, 0.3) is 0 Å². The maximum Gasteiger partial charge on any atom is 0.256 e. The second kappa shape index (κ2) is 30.5. The Labute approximate surface area is 740 Å². The molecule has 18 aromatic carbocycles. The van der Waals surface area contributed by atoms with E-state index in [2.05, 4.69) is 431 Å². The second-order valence-corrected chi connectivity index (χ2v) is 33.9. The lowest BCUT2D eigenvalue weighted by Gasteiger charge is -2.49. The standard InChI is InChI=1S/C60H40B2N4O.C36H20B2Br2N2O.C12H11N.CH4/c1-6-20-41(21-7-1)63(42-22-8-2-9-23-42)46-34-36-50-54(38-46)65(45-28-14-5-15-29-45)55-40-57-59-60-58(55)61(50)48-30-16-18-32-52(48)66(60)53-33-19-17-31-49(53)62(59)51-37-35-47(39-56(51)67-57)64(43-24-10-3-11-25-43)44-26-12-4-13-27-44;39-21-14-16-26-30(18-21)41(23-8-2-1-3-9-23)31-20-33-35-36-34(31)37(26)24-10-4-6-12-28(24)42(36)29-13-7-5-11-25(29)38(35)27-17-15-22(40)19-32(27)43-33;1-3-7-11(8-4-1)13-12-9-5-2-6-10-12;/h1-40H;1-20H;1-10,13H;1H4. The van der Waals surface area contributed by atoms with Crippen molar-refractivity contribution >= 4 is 238 Å². The van der Waals surface area contributed by atoms with Gasteiger partial charge in [-0.05, 0) is 229 Å². The maximum absolute atomic E-state index is 7.43. The molecule has 0 amide bonds. The van der Waals surface area contributed by atoms with Gasteiger partial charge in [-0.2, -0.15) is 0 Å². The summed E-state index contributed by atoms with van der Waals surface area (Å²) < 4.78 is 16.4. The Morgan fingerprint density at radius 2 is 0.508 bits per heavy atom. The van der Waals surface area contributed by atoms with Crippen LogP contribution in [0.4, 0.5) is 114 Å². The Hall–Kier alpha value is -14.6. The Morgan fingerprint density at radius 1 is 0.218 bits per heavy atom. The van der Waals surface area contributed by atoms with Crippen LogP contribution in [0.15, 0.2) is 434 Å². The zero-order chi connectivity index (χ0) is 81.3. The maximum atomic E-state index is 7.43. The fourth-order valence-electron chi connectivity index (χ4n) is 20.4. The number of benzene rings is 18. The Bertz CT molecular complexity index is 7080. The molecule has 9 nitrogen and oxygen atoms in total. The molecule has 124 heavy (non-hydrogen) atoms. The SMILES string of the molecule is Brc1ccc2c(c1)Oc1cc3c4c5c1B2c1ccccc1N5c1ccccc1B4c1ccc(Br)cc1N3c1ccccc1.C.c1ccc(N(c2ccccc2)c2ccc3c(c2)Oc2cc4c5c6c2B3c2ccccc2N6c2ccccc2B5c2ccc(N(c3ccccc3)c3ccccc3)cc2N4c2ccccc2)cc1.c1ccc(Nc2ccccc2)cc1. The predicted octanol–water partition coefficient (Wildman–Crippen LogP) is 21.9. The lowest BCUT2D eigenvalue weighted by molar-refractivity contribution is 0.487. The fourth-order valence-corrected chi connectivity index (χ4v) is 21.1. The Balaban J connectivity index is 0.000000132. The average Bonchev–Trinajstić information content (AvgIpc) is 0.676. The number of fused-ring (bicyclic) bond motifs is 20. The molecule has 1 N–H and O–H groups in total. The van der Waals surface area contributed by atoms with Crippen LogP contribution in [0.2, 0.25) is 0 Å². The van der Waals surface area contributed by atoms with Crippen LogP contribution < -0.4 is 110 Å². The number of anilines is 20. The third kappa shape index (κ3) is 12.1. The van der Waals surface area contributed by atoms with Crippen LogP contribution in [0.3, 0.4) is 0 Å². The number of halogens is 2. The van der Waals surface area contributed by atoms with E-state index in [0.717, 1.165) is 106 Å². The van der Waals surface area contributed by atoms with E-state index >= 15 is 0 Å². The minimum Gasteiger partial charge on any atom is -0.458 e. The number of nitrogens with one attached hydrogen (secondary N) is 1. The summed E-state index contributed by atoms with van der Waals surface area (Å²) in [6.45, 7) is 0.0753. The summed E-state index contributed by atoms with van der Waals surface area (Å²) in [7, 11) is 0. The van der Waals surface area contributed by atoms with Crippen LogP contribution in [0, 0.1) is 0 Å². The summed E-state index contributed by atoms with van der Waals surface area (Å²) in [6, 6.07) is 152. The van der Waals surface area contributed by atoms with Gasteiger partial charge in [0.2, 0.25) is 0 Å². The van der Waals surface area contributed by atoms with Gasteiger partial charge in [-0.1, -0.05) is 282 Å². The summed E-state index contributed by atoms with van der Waals surface area (Å²) >= 11 is 7.50. The van der Waals surface area contributed by atoms with Gasteiger partial charge in [-0.3, -0.25) is 0 Å². The summed E-state index contributed by atoms with van der Waals surface area (Å²) in [5.74, 6) is 3.56. The van der Waals surface area contributed by atoms with Gasteiger partial charge in [0.05, 0.1) is 0 Å². The normalized spacial score (nSPS) is 13.0. The van der Waals surface area contributed by atoms with E-state index in [4.69, 9.17) is 9.47 Å². The molecule has 18 aromatic rings. The van der Waals surface area contributed by atoms with Crippen LogP contribution in [0.5, 0.6) is 23.0 Å². The minimum absolute atomic E-state index is 0. The van der Waals surface area contributed by atoms with Crippen molar-refractivity contribution in [2.45, 2.75) is 7.43 Å². The molecule has 0 aromatic heterocycles. The average molecular weight is 1720 g/mol. The molecule has 0 aliphatic carbocycles. The van der Waals surface area contributed by atoms with Gasteiger partial charge in [0, 0.05) is 141 Å². The molecule has 0 saturated heterocycles. The Morgan fingerprint density at radius 3 is 0.903 bits per heavy atom. The highest BCUT2D eigenvalue weighted by Crippen LogP contribution is 2.53. The van der Waals surface area contributed by atoms with Crippen molar-refractivity contribution in [3.63, 3.8) is 0 Å². The van der Waals surface area contributed by atoms with Crippen molar-refractivity contribution < 1.29 is 9.47 Å². The second-order valence-electron chi connectivity index (χ2n) is 32.0. The monoisotopic (exact) mass is 1720 g/mol. The zero-order valence-electron chi connectivity index (χ0n) is 66.5. The molecule has 0 bridgehead atoms. The molecule has 584 valence electrons. The quantitative estimate of drug-likeness (QED) is 0.135. The summed E-state index contributed by atoms with van der Waals surface area (Å²) in [4.78, 5) is 14.6. The molecule has 0 spiro atoms. The molecule has 8 aliphatic heterocycles. The highest BCUT2D eigenvalue weighted by atomic mass is 79.9. The van der Waals surface area contributed by atoms with Crippen LogP contribution in [-0.4, -0.2) is 26.9 Å². The van der Waals surface area contributed by atoms with E-state index in [0.29, 0.717) is 0 Å². The molecular formula is C109H75B4Br2N7O2. The predicted molar refractivity (Wildman–Crippen MR) is 531 cm³/mol. The largest absolute Gasteiger partial charge is 0.458 e. The van der Waals surface area contributed by atoms with Crippen molar-refractivity contribution in [3.05, 3.63) is 434 Å². The molecule has 0 atom stereocenters. The zero-order valence-corrected chi connectivity index (χ0v) is 69.7. The van der Waals surface area contributed by atoms with E-state index in [9.17, 15) is 0 Å². The summed E-state index contributed by atoms with van der Waals surface area (Å²) in [6.07, 6.45) is 0. The molecule has 0 unspecified atom stereocenters. The molecular weight excluding hydrogens is 1640 g/mol. The summed E-state index contributed by atoms with van der Waals surface area (Å²) in [5, 5.41) is 3.30. The van der Waals surface area contributed by atoms with Gasteiger partial charge in [-0.15, -0.1) is 0 Å². The molecule has 0 radical (unpaired) electrons. The van der Waals surface area contributed by atoms with E-state index in [1.54, 1.807) is 0 Å². The smallest absolute Gasteiger partial charge is 0.256 e. The van der Waals surface area contributed by atoms with Crippen molar-refractivity contribution in [1.82, 2.24) is 0 Å². The van der Waals surface area contributed by atoms with Crippen molar-refractivity contribution in [2.75, 3.05) is 34.7 Å². The third-order valence-corrected chi connectivity index (χ3v) is 26.2. The first-order valence-corrected chi connectivity index (χ1v) is 43.5. The molecule has 15 heteroatoms. The molecule has 0 fully saturated rings. The minimum atomic E-state index is -0.0485. The lowest BCUT2D eigenvalue weighted by Crippen LogP contribution is -2.67. The fraction of sp³-hybridized carbons (Fsp3) is 0.00917. The lowest BCUT2D eigenvalue weighted by atomic mass is 9.29. The van der Waals surface area contributed by atoms with Gasteiger partial charge in [0.15, 0.2) is 0 Å². The van der Waals surface area contributed by atoms with Crippen LogP contribution in [-0.2, 0) is 0 Å². The van der Waals surface area contributed by atoms with E-state index < -0.39 is 0 Å². The van der Waals surface area contributed by atoms with Crippen LogP contribution >= 0.6 is 31.9 Å². The van der Waals surface area contributed by atoms with Gasteiger partial charge >= 0.3 is 0 Å². The van der Waals surface area contributed by atoms with Gasteiger partial charge in [-0.25, -0.2) is 0 Å².